The van der Waals surface area contributed by atoms with Gasteiger partial charge in [-0.2, -0.15) is 21.0 Å². The molecule has 4 nitrogen and oxygen atoms in total. The zero-order chi connectivity index (χ0) is 14.7. The average molecular weight is 260 g/mol. The van der Waals surface area contributed by atoms with Crippen LogP contribution in [0.4, 0.5) is 0 Å². The van der Waals surface area contributed by atoms with Crippen LogP contribution in [0.1, 0.15) is 13.8 Å². The Morgan fingerprint density at radius 1 is 0.850 bits per heavy atom. The normalized spacial score (nSPS) is 37.7. The molecular weight excluding hydrogens is 248 g/mol. The standard InChI is InChI=1S/C16H12N4/c1-9-3-11-13(9)12-4-10(2)14(11)16(7-19,8-20)15(12,5-17)6-18/h3-4,11-14H,1-2H3/t11-,12+,13+,14+/m1/s1. The van der Waals surface area contributed by atoms with E-state index in [1.165, 1.54) is 0 Å². The van der Waals surface area contributed by atoms with Crippen molar-refractivity contribution in [2.45, 2.75) is 13.8 Å². The molecule has 2 bridgehead atoms. The Hall–Kier alpha value is -2.56. The molecule has 0 amide bonds. The molecule has 0 aliphatic heterocycles. The summed E-state index contributed by atoms with van der Waals surface area (Å²) in [6.45, 7) is 3.89. The van der Waals surface area contributed by atoms with E-state index in [-0.39, 0.29) is 23.7 Å². The maximum atomic E-state index is 9.65. The van der Waals surface area contributed by atoms with Crippen LogP contribution < -0.4 is 0 Å². The summed E-state index contributed by atoms with van der Waals surface area (Å²) >= 11 is 0. The molecule has 1 saturated carbocycles. The topological polar surface area (TPSA) is 95.2 Å². The fourth-order valence-corrected chi connectivity index (χ4v) is 4.55. The maximum Gasteiger partial charge on any atom is 0.183 e. The summed E-state index contributed by atoms with van der Waals surface area (Å²) in [5, 5.41) is 38.6. The second-order valence-corrected chi connectivity index (χ2v) is 5.99. The van der Waals surface area contributed by atoms with Gasteiger partial charge >= 0.3 is 0 Å². The molecule has 0 aromatic heterocycles. The number of nitrogens with zero attached hydrogens (tertiary/aromatic N) is 4. The lowest BCUT2D eigenvalue weighted by molar-refractivity contribution is -0.00608. The molecule has 4 heteroatoms. The van der Waals surface area contributed by atoms with Crippen molar-refractivity contribution in [1.29, 1.82) is 21.0 Å². The summed E-state index contributed by atoms with van der Waals surface area (Å²) < 4.78 is 0. The third-order valence-corrected chi connectivity index (χ3v) is 5.39. The number of hydrogen-bond acceptors (Lipinski definition) is 4. The van der Waals surface area contributed by atoms with E-state index in [1.54, 1.807) is 0 Å². The van der Waals surface area contributed by atoms with Gasteiger partial charge in [0.15, 0.2) is 10.8 Å². The SMILES string of the molecule is CC1=C[C@@H]2[C@H]1[C@@H]1C=C(C)[C@@H]2C(C#N)(C#N)C1(C#N)C#N. The van der Waals surface area contributed by atoms with E-state index in [9.17, 15) is 21.0 Å². The highest BCUT2D eigenvalue weighted by atomic mass is 14.7. The Kier molecular flexibility index (Phi) is 2.19. The van der Waals surface area contributed by atoms with Gasteiger partial charge in [0.25, 0.3) is 0 Å². The molecule has 0 aromatic rings. The second-order valence-electron chi connectivity index (χ2n) is 5.99. The Morgan fingerprint density at radius 2 is 1.40 bits per heavy atom. The van der Waals surface area contributed by atoms with Crippen LogP contribution in [0.3, 0.4) is 0 Å². The van der Waals surface area contributed by atoms with E-state index in [0.29, 0.717) is 0 Å². The predicted octanol–water partition coefficient (Wildman–Crippen LogP) is 2.45. The summed E-state index contributed by atoms with van der Waals surface area (Å²) in [6, 6.07) is 8.17. The first-order valence-corrected chi connectivity index (χ1v) is 6.54. The van der Waals surface area contributed by atoms with Gasteiger partial charge in [-0.1, -0.05) is 23.3 Å². The molecule has 1 fully saturated rings. The van der Waals surface area contributed by atoms with Crippen LogP contribution in [0.25, 0.3) is 0 Å². The lowest BCUT2D eigenvalue weighted by Crippen LogP contribution is -2.63. The molecule has 0 saturated heterocycles. The van der Waals surface area contributed by atoms with Crippen molar-refractivity contribution < 1.29 is 0 Å². The van der Waals surface area contributed by atoms with Crippen molar-refractivity contribution in [3.05, 3.63) is 23.3 Å². The van der Waals surface area contributed by atoms with E-state index in [2.05, 4.69) is 6.08 Å². The third-order valence-electron chi connectivity index (χ3n) is 5.39. The van der Waals surface area contributed by atoms with Crippen LogP contribution in [-0.4, -0.2) is 0 Å². The van der Waals surface area contributed by atoms with Crippen LogP contribution >= 0.6 is 0 Å². The van der Waals surface area contributed by atoms with Crippen molar-refractivity contribution >= 4 is 0 Å². The van der Waals surface area contributed by atoms with Gasteiger partial charge in [-0.25, -0.2) is 0 Å². The smallest absolute Gasteiger partial charge is 0.183 e. The molecule has 0 aromatic carbocycles. The maximum absolute atomic E-state index is 9.65. The molecule has 96 valence electrons. The molecule has 20 heavy (non-hydrogen) atoms. The van der Waals surface area contributed by atoms with Gasteiger partial charge in [0.05, 0.1) is 24.3 Å². The van der Waals surface area contributed by atoms with E-state index >= 15 is 0 Å². The minimum atomic E-state index is -1.57. The number of hydrogen-bond donors (Lipinski definition) is 0. The van der Waals surface area contributed by atoms with E-state index < -0.39 is 10.8 Å². The first-order valence-electron chi connectivity index (χ1n) is 6.54. The highest BCUT2D eigenvalue weighted by Gasteiger charge is 2.73. The van der Waals surface area contributed by atoms with Crippen molar-refractivity contribution in [1.82, 2.24) is 0 Å². The molecule has 0 N–H and O–H groups in total. The molecule has 4 aliphatic carbocycles. The molecule has 0 radical (unpaired) electrons. The molecule has 4 rings (SSSR count). The van der Waals surface area contributed by atoms with E-state index in [1.807, 2.05) is 44.2 Å². The Balaban J connectivity index is 2.37. The minimum Gasteiger partial charge on any atom is -0.196 e. The quantitative estimate of drug-likeness (QED) is 0.625. The van der Waals surface area contributed by atoms with Gasteiger partial charge in [0.1, 0.15) is 0 Å². The first kappa shape index (κ1) is 12.5. The number of allylic oxidation sites excluding steroid dienone is 4. The van der Waals surface area contributed by atoms with Gasteiger partial charge in [-0.15, -0.1) is 0 Å². The zero-order valence-corrected chi connectivity index (χ0v) is 11.3. The van der Waals surface area contributed by atoms with Gasteiger partial charge in [0.2, 0.25) is 0 Å². The number of nitriles is 4. The number of rotatable bonds is 0. The largest absolute Gasteiger partial charge is 0.196 e. The molecular formula is C16H12N4. The average Bonchev–Trinajstić information content (AvgIpc) is 2.44. The van der Waals surface area contributed by atoms with E-state index in [0.717, 1.165) is 11.1 Å². The Morgan fingerprint density at radius 3 is 1.85 bits per heavy atom. The first-order chi connectivity index (χ1) is 9.52. The fourth-order valence-electron chi connectivity index (χ4n) is 4.55. The summed E-state index contributed by atoms with van der Waals surface area (Å²) in [4.78, 5) is 0. The molecule has 0 spiro atoms. The summed E-state index contributed by atoms with van der Waals surface area (Å²) in [5.41, 5.74) is -1.02. The van der Waals surface area contributed by atoms with Crippen LogP contribution in [0.15, 0.2) is 23.3 Å². The van der Waals surface area contributed by atoms with Crippen molar-refractivity contribution in [2.75, 3.05) is 0 Å². The van der Waals surface area contributed by atoms with Crippen molar-refractivity contribution in [3.8, 4) is 24.3 Å². The van der Waals surface area contributed by atoms with Gasteiger partial charge in [0, 0.05) is 11.8 Å². The van der Waals surface area contributed by atoms with Crippen LogP contribution in [0, 0.1) is 79.8 Å². The summed E-state index contributed by atoms with van der Waals surface area (Å²) in [7, 11) is 0. The second kappa shape index (κ2) is 3.50. The molecule has 0 heterocycles. The predicted molar refractivity (Wildman–Crippen MR) is 68.8 cm³/mol. The Labute approximate surface area is 117 Å². The highest BCUT2D eigenvalue weighted by Crippen LogP contribution is 2.69. The van der Waals surface area contributed by atoms with Crippen LogP contribution in [0.5, 0.6) is 0 Å². The zero-order valence-electron chi connectivity index (χ0n) is 11.3. The highest BCUT2D eigenvalue weighted by molar-refractivity contribution is 5.52. The third kappa shape index (κ3) is 0.943. The van der Waals surface area contributed by atoms with Crippen LogP contribution in [-0.2, 0) is 0 Å². The molecule has 0 unspecified atom stereocenters. The van der Waals surface area contributed by atoms with Gasteiger partial charge in [-0.05, 0) is 25.7 Å². The summed E-state index contributed by atoms with van der Waals surface area (Å²) in [5.74, 6) is -0.482. The lowest BCUT2D eigenvalue weighted by Gasteiger charge is -2.61. The monoisotopic (exact) mass is 260 g/mol. The Bertz CT molecular complexity index is 700. The lowest BCUT2D eigenvalue weighted by atomic mass is 9.36. The van der Waals surface area contributed by atoms with Crippen molar-refractivity contribution in [3.63, 3.8) is 0 Å². The van der Waals surface area contributed by atoms with E-state index in [4.69, 9.17) is 0 Å². The molecule has 4 aliphatic rings. The fraction of sp³-hybridized carbons (Fsp3) is 0.500. The summed E-state index contributed by atoms with van der Waals surface area (Å²) in [6.07, 6.45) is 4.03. The minimum absolute atomic E-state index is 0.110. The van der Waals surface area contributed by atoms with Crippen molar-refractivity contribution in [2.24, 2.45) is 34.5 Å². The molecule has 4 atom stereocenters. The van der Waals surface area contributed by atoms with Gasteiger partial charge < -0.3 is 0 Å². The van der Waals surface area contributed by atoms with Gasteiger partial charge in [-0.3, -0.25) is 0 Å². The number of fused-ring (bicyclic) bond motifs is 1. The van der Waals surface area contributed by atoms with Crippen LogP contribution in [0.2, 0.25) is 0 Å².